The monoisotopic (exact) mass is 495 g/mol. The van der Waals surface area contributed by atoms with E-state index in [-0.39, 0.29) is 0 Å². The van der Waals surface area contributed by atoms with Gasteiger partial charge in [-0.05, 0) is 31.9 Å². The second-order valence-electron chi connectivity index (χ2n) is 4.68. The van der Waals surface area contributed by atoms with Crippen LogP contribution in [0.5, 0.6) is 0 Å². The molecule has 5 N–H and O–H groups in total. The predicted molar refractivity (Wildman–Crippen MR) is 109 cm³/mol. The fourth-order valence-electron chi connectivity index (χ4n) is 1.72. The van der Waals surface area contributed by atoms with Gasteiger partial charge in [-0.3, -0.25) is 5.41 Å². The average Bonchev–Trinajstić information content (AvgIpc) is 3.15. The number of hydrogen-bond acceptors (Lipinski definition) is 5. The van der Waals surface area contributed by atoms with E-state index in [9.17, 15) is 0 Å². The molecule has 0 spiro atoms. The van der Waals surface area contributed by atoms with Crippen molar-refractivity contribution >= 4 is 61.3 Å². The summed E-state index contributed by atoms with van der Waals surface area (Å²) in [5, 5.41) is 14.0. The number of halogens is 2. The van der Waals surface area contributed by atoms with Gasteiger partial charge in [-0.15, -0.1) is 0 Å². The summed E-state index contributed by atoms with van der Waals surface area (Å²) in [5.41, 5.74) is 2.18. The molecule has 0 saturated carbocycles. The summed E-state index contributed by atoms with van der Waals surface area (Å²) in [6.45, 7) is 1.52. The van der Waals surface area contributed by atoms with Gasteiger partial charge in [0.2, 0.25) is 0 Å². The molecule has 2 aromatic rings. The zero-order chi connectivity index (χ0) is 17.2. The van der Waals surface area contributed by atoms with Crippen molar-refractivity contribution < 1.29 is 0 Å². The first-order valence-corrected chi connectivity index (χ1v) is 11.1. The van der Waals surface area contributed by atoms with Gasteiger partial charge in [-0.2, -0.15) is 23.5 Å². The van der Waals surface area contributed by atoms with Crippen molar-refractivity contribution in [3.8, 4) is 0 Å². The van der Waals surface area contributed by atoms with E-state index in [1.54, 1.807) is 36.2 Å². The lowest BCUT2D eigenvalue weighted by atomic mass is 10.6. The zero-order valence-corrected chi connectivity index (χ0v) is 17.7. The molecular formula is C13H19Br2N7S2. The maximum Gasteiger partial charge on any atom is 0.188 e. The van der Waals surface area contributed by atoms with Crippen LogP contribution in [0.4, 0.5) is 0 Å². The number of H-pyrrole nitrogens is 2. The summed E-state index contributed by atoms with van der Waals surface area (Å²) in [6.07, 6.45) is 3.36. The normalized spacial score (nSPS) is 10.8. The molecule has 0 radical (unpaired) electrons. The number of aromatic nitrogens is 4. The Morgan fingerprint density at radius 1 is 0.958 bits per heavy atom. The fraction of sp³-hybridized carbons (Fsp3) is 0.462. The van der Waals surface area contributed by atoms with Gasteiger partial charge in [0, 0.05) is 36.1 Å². The Hall–Kier alpha value is -0.650. The molecule has 0 fully saturated rings. The van der Waals surface area contributed by atoms with Crippen molar-refractivity contribution in [3.63, 3.8) is 0 Å². The van der Waals surface area contributed by atoms with E-state index in [4.69, 9.17) is 5.41 Å². The average molecular weight is 497 g/mol. The third-order valence-electron chi connectivity index (χ3n) is 2.92. The van der Waals surface area contributed by atoms with E-state index in [0.29, 0.717) is 5.96 Å². The van der Waals surface area contributed by atoms with Crippen molar-refractivity contribution in [1.82, 2.24) is 30.6 Å². The summed E-state index contributed by atoms with van der Waals surface area (Å²) in [6, 6.07) is 0. The van der Waals surface area contributed by atoms with Crippen LogP contribution in [-0.4, -0.2) is 50.5 Å². The summed E-state index contributed by atoms with van der Waals surface area (Å²) < 4.78 is 1.74. The number of hydrogen-bond donors (Lipinski definition) is 5. The highest BCUT2D eigenvalue weighted by atomic mass is 79.9. The van der Waals surface area contributed by atoms with Crippen molar-refractivity contribution in [2.75, 3.05) is 24.6 Å². The molecule has 0 aliphatic heterocycles. The Kier molecular flexibility index (Phi) is 9.07. The van der Waals surface area contributed by atoms with Gasteiger partial charge in [0.1, 0.15) is 9.21 Å². The lowest BCUT2D eigenvalue weighted by Gasteiger charge is -2.10. The van der Waals surface area contributed by atoms with Crippen LogP contribution in [0.25, 0.3) is 0 Å². The first kappa shape index (κ1) is 19.7. The van der Waals surface area contributed by atoms with Gasteiger partial charge in [0.25, 0.3) is 0 Å². The molecule has 0 aliphatic rings. The third-order valence-corrected chi connectivity index (χ3v) is 6.26. The zero-order valence-electron chi connectivity index (χ0n) is 12.9. The van der Waals surface area contributed by atoms with Gasteiger partial charge < -0.3 is 20.6 Å². The Morgan fingerprint density at radius 2 is 1.42 bits per heavy atom. The topological polar surface area (TPSA) is 105 Å². The van der Waals surface area contributed by atoms with Crippen LogP contribution in [0.3, 0.4) is 0 Å². The van der Waals surface area contributed by atoms with Crippen LogP contribution in [0.2, 0.25) is 0 Å². The molecule has 0 amide bonds. The molecule has 24 heavy (non-hydrogen) atoms. The van der Waals surface area contributed by atoms with Crippen LogP contribution < -0.4 is 10.6 Å². The highest BCUT2D eigenvalue weighted by molar-refractivity contribution is 9.10. The van der Waals surface area contributed by atoms with Crippen LogP contribution >= 0.6 is 55.4 Å². The number of imidazole rings is 2. The largest absolute Gasteiger partial charge is 0.356 e. The molecule has 0 saturated heterocycles. The number of guanidine groups is 1. The molecule has 0 unspecified atom stereocenters. The minimum Gasteiger partial charge on any atom is -0.356 e. The van der Waals surface area contributed by atoms with Crippen LogP contribution in [-0.2, 0) is 11.5 Å². The van der Waals surface area contributed by atoms with Crippen molar-refractivity contribution in [2.45, 2.75) is 11.5 Å². The highest BCUT2D eigenvalue weighted by Crippen LogP contribution is 2.17. The second kappa shape index (κ2) is 11.1. The number of nitrogens with one attached hydrogen (secondary N) is 5. The molecule has 2 rings (SSSR count). The standard InChI is InChI=1S/C13H19Br2N7S2/c14-11-9(19-7-21-11)5-23-3-1-17-13(16)18-2-4-24-6-10-12(15)22-8-20-10/h7-8H,1-6H2,(H,19,21)(H,20,22)(H3,16,17,18). The minimum atomic E-state index is 0.377. The van der Waals surface area contributed by atoms with Crippen molar-refractivity contribution in [1.29, 1.82) is 5.41 Å². The predicted octanol–water partition coefficient (Wildman–Crippen LogP) is 2.94. The summed E-state index contributed by atoms with van der Waals surface area (Å²) in [4.78, 5) is 14.4. The molecule has 132 valence electrons. The summed E-state index contributed by atoms with van der Waals surface area (Å²) in [7, 11) is 0. The smallest absolute Gasteiger partial charge is 0.188 e. The van der Waals surface area contributed by atoms with Gasteiger partial charge in [0.15, 0.2) is 5.96 Å². The van der Waals surface area contributed by atoms with Crippen LogP contribution in [0, 0.1) is 5.41 Å². The van der Waals surface area contributed by atoms with Gasteiger partial charge >= 0.3 is 0 Å². The van der Waals surface area contributed by atoms with Crippen molar-refractivity contribution in [2.24, 2.45) is 0 Å². The van der Waals surface area contributed by atoms with Crippen molar-refractivity contribution in [3.05, 3.63) is 33.2 Å². The number of rotatable bonds is 10. The molecule has 2 aromatic heterocycles. The lowest BCUT2D eigenvalue weighted by molar-refractivity contribution is 0.858. The first-order chi connectivity index (χ1) is 11.7. The van der Waals surface area contributed by atoms with E-state index in [2.05, 4.69) is 62.4 Å². The molecule has 7 nitrogen and oxygen atoms in total. The first-order valence-electron chi connectivity index (χ1n) is 7.24. The van der Waals surface area contributed by atoms with E-state index in [1.807, 2.05) is 0 Å². The van der Waals surface area contributed by atoms with E-state index < -0.39 is 0 Å². The number of nitrogens with zero attached hydrogens (tertiary/aromatic N) is 2. The molecule has 2 heterocycles. The number of thioether (sulfide) groups is 2. The minimum absolute atomic E-state index is 0.377. The number of aromatic amines is 2. The summed E-state index contributed by atoms with van der Waals surface area (Å²) in [5.74, 6) is 3.99. The quantitative estimate of drug-likeness (QED) is 0.197. The third kappa shape index (κ3) is 7.08. The van der Waals surface area contributed by atoms with Gasteiger partial charge in [0.05, 0.1) is 24.0 Å². The maximum absolute atomic E-state index is 7.82. The van der Waals surface area contributed by atoms with Crippen LogP contribution in [0.1, 0.15) is 11.4 Å². The maximum atomic E-state index is 7.82. The second-order valence-corrected chi connectivity index (χ2v) is 8.39. The Bertz CT molecular complexity index is 579. The Labute approximate surface area is 166 Å². The molecular weight excluding hydrogens is 478 g/mol. The molecule has 0 aromatic carbocycles. The van der Waals surface area contributed by atoms with Crippen LogP contribution in [0.15, 0.2) is 21.9 Å². The Morgan fingerprint density at radius 3 is 1.79 bits per heavy atom. The lowest BCUT2D eigenvalue weighted by Crippen LogP contribution is -2.38. The summed E-state index contributed by atoms with van der Waals surface area (Å²) >= 11 is 10.4. The SMILES string of the molecule is N=C(NCCSCc1[nH]cnc1Br)NCCSCc1[nH]cnc1Br. The van der Waals surface area contributed by atoms with E-state index in [1.165, 1.54) is 0 Å². The van der Waals surface area contributed by atoms with Gasteiger partial charge in [-0.1, -0.05) is 0 Å². The van der Waals surface area contributed by atoms with Gasteiger partial charge in [-0.25, -0.2) is 9.97 Å². The highest BCUT2D eigenvalue weighted by Gasteiger charge is 2.03. The van der Waals surface area contributed by atoms with E-state index >= 15 is 0 Å². The fourth-order valence-corrected chi connectivity index (χ4v) is 4.43. The molecule has 11 heteroatoms. The van der Waals surface area contributed by atoms with E-state index in [0.717, 1.165) is 56.7 Å². The molecule has 0 bridgehead atoms. The molecule has 0 aliphatic carbocycles. The molecule has 0 atom stereocenters. The Balaban J connectivity index is 1.44.